The van der Waals surface area contributed by atoms with Gasteiger partial charge in [0.2, 0.25) is 0 Å². The van der Waals surface area contributed by atoms with E-state index in [1.807, 2.05) is 25.1 Å². The molecule has 0 saturated carbocycles. The van der Waals surface area contributed by atoms with Crippen molar-refractivity contribution < 1.29 is 4.74 Å². The van der Waals surface area contributed by atoms with Crippen LogP contribution in [0.5, 0.6) is 11.5 Å². The summed E-state index contributed by atoms with van der Waals surface area (Å²) in [5, 5.41) is 4.17. The van der Waals surface area contributed by atoms with Gasteiger partial charge in [0, 0.05) is 11.6 Å². The molecule has 1 N–H and O–H groups in total. The summed E-state index contributed by atoms with van der Waals surface area (Å²) < 4.78 is 6.01. The van der Waals surface area contributed by atoms with Crippen molar-refractivity contribution in [2.45, 2.75) is 33.7 Å². The Bertz CT molecular complexity index is 610. The van der Waals surface area contributed by atoms with Crippen LogP contribution in [0.4, 0.5) is 0 Å². The largest absolute Gasteiger partial charge is 0.457 e. The van der Waals surface area contributed by atoms with E-state index in [9.17, 15) is 0 Å². The van der Waals surface area contributed by atoms with Gasteiger partial charge in [-0.05, 0) is 67.8 Å². The van der Waals surface area contributed by atoms with Gasteiger partial charge in [0.15, 0.2) is 0 Å². The predicted molar refractivity (Wildman–Crippen MR) is 89.4 cm³/mol. The molecular weight excluding hydrogens is 282 g/mol. The highest BCUT2D eigenvalue weighted by Gasteiger charge is 2.05. The maximum atomic E-state index is 6.05. The Kier molecular flexibility index (Phi) is 5.66. The van der Waals surface area contributed by atoms with Gasteiger partial charge in [0.1, 0.15) is 11.5 Å². The summed E-state index contributed by atoms with van der Waals surface area (Å²) in [4.78, 5) is 0. The number of hydrogen-bond donors (Lipinski definition) is 1. The second-order valence-electron chi connectivity index (χ2n) is 5.29. The number of hydrogen-bond acceptors (Lipinski definition) is 2. The van der Waals surface area contributed by atoms with E-state index in [0.29, 0.717) is 0 Å². The fourth-order valence-corrected chi connectivity index (χ4v) is 2.20. The highest BCUT2D eigenvalue weighted by Crippen LogP contribution is 2.28. The summed E-state index contributed by atoms with van der Waals surface area (Å²) in [5.41, 5.74) is 3.38. The van der Waals surface area contributed by atoms with E-state index in [4.69, 9.17) is 16.3 Å². The van der Waals surface area contributed by atoms with Gasteiger partial charge in [-0.15, -0.1) is 0 Å². The molecule has 0 unspecified atom stereocenters. The Hall–Kier alpha value is -1.51. The number of ether oxygens (including phenoxy) is 1. The van der Waals surface area contributed by atoms with Crippen LogP contribution in [0, 0.1) is 13.8 Å². The molecule has 112 valence electrons. The topological polar surface area (TPSA) is 21.3 Å². The van der Waals surface area contributed by atoms with Crippen LogP contribution in [0.15, 0.2) is 36.4 Å². The van der Waals surface area contributed by atoms with Crippen molar-refractivity contribution >= 4 is 11.6 Å². The van der Waals surface area contributed by atoms with Crippen molar-refractivity contribution in [3.8, 4) is 11.5 Å². The van der Waals surface area contributed by atoms with Gasteiger partial charge in [-0.25, -0.2) is 0 Å². The third-order valence-electron chi connectivity index (χ3n) is 3.37. The fourth-order valence-electron chi connectivity index (χ4n) is 2.08. The Morgan fingerprint density at radius 1 is 1.05 bits per heavy atom. The van der Waals surface area contributed by atoms with Gasteiger partial charge in [-0.2, -0.15) is 0 Å². The lowest BCUT2D eigenvalue weighted by Crippen LogP contribution is -2.13. The molecule has 0 bridgehead atoms. The van der Waals surface area contributed by atoms with E-state index in [1.165, 1.54) is 5.56 Å². The lowest BCUT2D eigenvalue weighted by Gasteiger charge is -2.12. The lowest BCUT2D eigenvalue weighted by atomic mass is 10.1. The zero-order chi connectivity index (χ0) is 15.2. The van der Waals surface area contributed by atoms with Crippen LogP contribution in [0.3, 0.4) is 0 Å². The van der Waals surface area contributed by atoms with Gasteiger partial charge in [-0.1, -0.05) is 30.7 Å². The molecule has 2 aromatic rings. The van der Waals surface area contributed by atoms with Crippen LogP contribution in [-0.4, -0.2) is 6.54 Å². The van der Waals surface area contributed by atoms with E-state index in [-0.39, 0.29) is 0 Å². The van der Waals surface area contributed by atoms with Crippen molar-refractivity contribution in [3.05, 3.63) is 58.1 Å². The lowest BCUT2D eigenvalue weighted by molar-refractivity contribution is 0.477. The highest BCUT2D eigenvalue weighted by molar-refractivity contribution is 6.31. The van der Waals surface area contributed by atoms with Gasteiger partial charge in [0.25, 0.3) is 0 Å². The first-order valence-corrected chi connectivity index (χ1v) is 7.72. The third-order valence-corrected chi connectivity index (χ3v) is 3.79. The van der Waals surface area contributed by atoms with E-state index in [1.54, 1.807) is 0 Å². The summed E-state index contributed by atoms with van der Waals surface area (Å²) in [6.07, 6.45) is 1.14. The molecule has 21 heavy (non-hydrogen) atoms. The maximum absolute atomic E-state index is 6.05. The third kappa shape index (κ3) is 4.48. The van der Waals surface area contributed by atoms with Crippen LogP contribution in [0.1, 0.15) is 30.0 Å². The first-order chi connectivity index (χ1) is 10.1. The van der Waals surface area contributed by atoms with Crippen LogP contribution in [0.2, 0.25) is 5.02 Å². The monoisotopic (exact) mass is 303 g/mol. The van der Waals surface area contributed by atoms with Crippen LogP contribution >= 0.6 is 11.6 Å². The fraction of sp³-hybridized carbons (Fsp3) is 0.333. The van der Waals surface area contributed by atoms with Crippen molar-refractivity contribution in [2.75, 3.05) is 6.54 Å². The smallest absolute Gasteiger partial charge is 0.130 e. The molecule has 0 radical (unpaired) electrons. The van der Waals surface area contributed by atoms with Crippen LogP contribution < -0.4 is 10.1 Å². The summed E-state index contributed by atoms with van der Waals surface area (Å²) in [6.45, 7) is 8.10. The van der Waals surface area contributed by atoms with Gasteiger partial charge >= 0.3 is 0 Å². The van der Waals surface area contributed by atoms with E-state index >= 15 is 0 Å². The molecule has 0 aliphatic heterocycles. The second kappa shape index (κ2) is 7.48. The second-order valence-corrected chi connectivity index (χ2v) is 5.70. The minimum Gasteiger partial charge on any atom is -0.457 e. The number of benzene rings is 2. The molecule has 0 atom stereocenters. The molecule has 0 fully saturated rings. The molecule has 0 aliphatic carbocycles. The number of nitrogens with one attached hydrogen (secondary N) is 1. The summed E-state index contributed by atoms with van der Waals surface area (Å²) in [6, 6.07) is 12.1. The molecule has 2 nitrogen and oxygen atoms in total. The maximum Gasteiger partial charge on any atom is 0.130 e. The Morgan fingerprint density at radius 2 is 1.86 bits per heavy atom. The van der Waals surface area contributed by atoms with Crippen LogP contribution in [-0.2, 0) is 6.54 Å². The summed E-state index contributed by atoms with van der Waals surface area (Å²) >= 11 is 6.05. The number of rotatable bonds is 6. The van der Waals surface area contributed by atoms with E-state index in [0.717, 1.165) is 47.2 Å². The first kappa shape index (κ1) is 15.9. The molecule has 0 aliphatic rings. The molecule has 0 spiro atoms. The minimum absolute atomic E-state index is 0.761. The van der Waals surface area contributed by atoms with Gasteiger partial charge in [0.05, 0.1) is 0 Å². The molecule has 2 rings (SSSR count). The predicted octanol–water partition coefficient (Wildman–Crippen LogP) is 5.25. The molecular formula is C18H22ClNO. The van der Waals surface area contributed by atoms with Gasteiger partial charge in [-0.3, -0.25) is 0 Å². The molecule has 0 heterocycles. The quantitative estimate of drug-likeness (QED) is 0.736. The first-order valence-electron chi connectivity index (χ1n) is 7.34. The molecule has 3 heteroatoms. The minimum atomic E-state index is 0.761. The zero-order valence-corrected chi connectivity index (χ0v) is 13.6. The standard InChI is InChI=1S/C18H22ClNO/c1-4-9-20-12-15-6-5-13(2)18(11-15)21-16-7-8-17(19)14(3)10-16/h5-8,10-11,20H,4,9,12H2,1-3H3. The molecule has 2 aromatic carbocycles. The Labute approximate surface area is 132 Å². The van der Waals surface area contributed by atoms with Crippen molar-refractivity contribution in [3.63, 3.8) is 0 Å². The molecule has 0 saturated heterocycles. The van der Waals surface area contributed by atoms with E-state index < -0.39 is 0 Å². The number of aryl methyl sites for hydroxylation is 2. The normalized spacial score (nSPS) is 10.7. The zero-order valence-electron chi connectivity index (χ0n) is 12.9. The van der Waals surface area contributed by atoms with Gasteiger partial charge < -0.3 is 10.1 Å². The van der Waals surface area contributed by atoms with Crippen LogP contribution in [0.25, 0.3) is 0 Å². The average Bonchev–Trinajstić information content (AvgIpc) is 2.46. The highest BCUT2D eigenvalue weighted by atomic mass is 35.5. The number of halogens is 1. The molecule has 0 aromatic heterocycles. The SMILES string of the molecule is CCCNCc1ccc(C)c(Oc2ccc(Cl)c(C)c2)c1. The van der Waals surface area contributed by atoms with Crippen molar-refractivity contribution in [1.29, 1.82) is 0 Å². The Balaban J connectivity index is 2.14. The summed E-state index contributed by atoms with van der Waals surface area (Å²) in [5.74, 6) is 1.71. The average molecular weight is 304 g/mol. The van der Waals surface area contributed by atoms with Crippen molar-refractivity contribution in [2.24, 2.45) is 0 Å². The van der Waals surface area contributed by atoms with Crippen molar-refractivity contribution in [1.82, 2.24) is 5.32 Å². The van der Waals surface area contributed by atoms with E-state index in [2.05, 4.69) is 37.4 Å². The summed E-state index contributed by atoms with van der Waals surface area (Å²) in [7, 11) is 0. The Morgan fingerprint density at radius 3 is 2.57 bits per heavy atom. The molecule has 0 amide bonds.